The van der Waals surface area contributed by atoms with E-state index in [2.05, 4.69) is 15.3 Å². The lowest BCUT2D eigenvalue weighted by molar-refractivity contribution is -0.137. The van der Waals surface area contributed by atoms with Crippen molar-refractivity contribution in [1.82, 2.24) is 15.3 Å². The van der Waals surface area contributed by atoms with Crippen LogP contribution in [-0.2, 0) is 17.5 Å². The van der Waals surface area contributed by atoms with Gasteiger partial charge in [0.05, 0.1) is 5.56 Å². The van der Waals surface area contributed by atoms with Gasteiger partial charge in [-0.1, -0.05) is 55.1 Å². The number of hydrogen-bond acceptors (Lipinski definition) is 4. The molecule has 1 heterocycles. The Morgan fingerprint density at radius 1 is 1.05 bits per heavy atom. The maximum atomic E-state index is 13.9. The van der Waals surface area contributed by atoms with E-state index in [1.807, 2.05) is 19.1 Å². The third-order valence-electron chi connectivity index (χ3n) is 6.55. The summed E-state index contributed by atoms with van der Waals surface area (Å²) in [7, 11) is 0. The molecule has 0 radical (unpaired) electrons. The largest absolute Gasteiger partial charge is 0.416 e. The first-order chi connectivity index (χ1) is 17.6. The van der Waals surface area contributed by atoms with Crippen LogP contribution >= 0.6 is 11.6 Å². The molecule has 1 N–H and O–H groups in total. The number of aromatic nitrogens is 2. The highest BCUT2D eigenvalue weighted by Crippen LogP contribution is 2.35. The van der Waals surface area contributed by atoms with Crippen LogP contribution in [0.3, 0.4) is 0 Å². The Balaban J connectivity index is 1.83. The fraction of sp³-hybridized carbons (Fsp3) is 0.393. The Bertz CT molecular complexity index is 1210. The molecule has 0 spiro atoms. The van der Waals surface area contributed by atoms with Crippen LogP contribution in [0.2, 0.25) is 5.02 Å². The summed E-state index contributed by atoms with van der Waals surface area (Å²) in [6.45, 7) is 3.80. The zero-order valence-electron chi connectivity index (χ0n) is 20.9. The number of amides is 1. The van der Waals surface area contributed by atoms with E-state index in [9.17, 15) is 18.0 Å². The second kappa shape index (κ2) is 11.5. The molecule has 1 saturated carbocycles. The molecule has 9 heteroatoms. The van der Waals surface area contributed by atoms with Crippen LogP contribution < -0.4 is 10.2 Å². The molecule has 0 bridgehead atoms. The van der Waals surface area contributed by atoms with Crippen molar-refractivity contribution < 1.29 is 18.0 Å². The van der Waals surface area contributed by atoms with Crippen LogP contribution in [0.4, 0.5) is 19.0 Å². The van der Waals surface area contributed by atoms with Crippen LogP contribution in [-0.4, -0.2) is 21.9 Å². The predicted molar refractivity (Wildman–Crippen MR) is 138 cm³/mol. The van der Waals surface area contributed by atoms with E-state index in [1.54, 1.807) is 36.1 Å². The van der Waals surface area contributed by atoms with E-state index in [1.165, 1.54) is 6.07 Å². The molecule has 3 aromatic rings. The monoisotopic (exact) mass is 530 g/mol. The summed E-state index contributed by atoms with van der Waals surface area (Å²) >= 11 is 6.08. The van der Waals surface area contributed by atoms with Gasteiger partial charge in [-0.25, -0.2) is 9.97 Å². The molecule has 1 aliphatic carbocycles. The fourth-order valence-electron chi connectivity index (χ4n) is 4.82. The molecule has 1 amide bonds. The van der Waals surface area contributed by atoms with Crippen LogP contribution in [0, 0.1) is 13.8 Å². The first kappa shape index (κ1) is 26.9. The Labute approximate surface area is 220 Å². The second-order valence-corrected chi connectivity index (χ2v) is 9.97. The van der Waals surface area contributed by atoms with Gasteiger partial charge >= 0.3 is 6.18 Å². The number of aryl methyl sites for hydroxylation is 2. The Morgan fingerprint density at radius 2 is 1.76 bits per heavy atom. The van der Waals surface area contributed by atoms with Crippen molar-refractivity contribution in [1.29, 1.82) is 0 Å². The van der Waals surface area contributed by atoms with Gasteiger partial charge in [0.2, 0.25) is 5.91 Å². The van der Waals surface area contributed by atoms with E-state index in [4.69, 9.17) is 11.6 Å². The molecule has 1 unspecified atom stereocenters. The van der Waals surface area contributed by atoms with Crippen molar-refractivity contribution in [3.63, 3.8) is 0 Å². The van der Waals surface area contributed by atoms with Gasteiger partial charge in [0.25, 0.3) is 0 Å². The highest BCUT2D eigenvalue weighted by molar-refractivity contribution is 6.30. The Kier molecular flexibility index (Phi) is 8.37. The molecule has 2 aromatic carbocycles. The topological polar surface area (TPSA) is 58.1 Å². The minimum atomic E-state index is -4.54. The molecule has 4 rings (SSSR count). The van der Waals surface area contributed by atoms with Gasteiger partial charge in [-0.15, -0.1) is 0 Å². The summed E-state index contributed by atoms with van der Waals surface area (Å²) in [4.78, 5) is 24.6. The minimum Gasteiger partial charge on any atom is -0.351 e. The molecule has 0 aliphatic heterocycles. The lowest BCUT2D eigenvalue weighted by Crippen LogP contribution is -2.45. The van der Waals surface area contributed by atoms with Crippen LogP contribution in [0.15, 0.2) is 54.6 Å². The number of nitrogens with one attached hydrogen (secondary N) is 1. The summed E-state index contributed by atoms with van der Waals surface area (Å²) in [6.07, 6.45) is 0.305. The van der Waals surface area contributed by atoms with Gasteiger partial charge in [-0.2, -0.15) is 13.2 Å². The summed E-state index contributed by atoms with van der Waals surface area (Å²) in [5, 5.41) is 3.69. The molecule has 5 nitrogen and oxygen atoms in total. The number of benzene rings is 2. The average Bonchev–Trinajstić information content (AvgIpc) is 2.84. The molecule has 1 aliphatic rings. The van der Waals surface area contributed by atoms with Crippen molar-refractivity contribution in [2.75, 3.05) is 4.90 Å². The molecule has 196 valence electrons. The van der Waals surface area contributed by atoms with Crippen molar-refractivity contribution >= 4 is 23.3 Å². The number of hydrogen-bond donors (Lipinski definition) is 1. The molecule has 1 aromatic heterocycles. The smallest absolute Gasteiger partial charge is 0.351 e. The van der Waals surface area contributed by atoms with Gasteiger partial charge in [-0.05, 0) is 62.1 Å². The van der Waals surface area contributed by atoms with Crippen molar-refractivity contribution in [3.8, 4) is 0 Å². The Morgan fingerprint density at radius 3 is 2.41 bits per heavy atom. The average molecular weight is 531 g/mol. The fourth-order valence-corrected chi connectivity index (χ4v) is 4.95. The van der Waals surface area contributed by atoms with Gasteiger partial charge in [-0.3, -0.25) is 4.79 Å². The summed E-state index contributed by atoms with van der Waals surface area (Å²) in [6, 6.07) is 12.8. The van der Waals surface area contributed by atoms with Gasteiger partial charge in [0.1, 0.15) is 17.7 Å². The zero-order valence-corrected chi connectivity index (χ0v) is 21.6. The van der Waals surface area contributed by atoms with Gasteiger partial charge < -0.3 is 10.2 Å². The van der Waals surface area contributed by atoms with Crippen molar-refractivity contribution in [3.05, 3.63) is 87.8 Å². The Hall–Kier alpha value is -3.13. The van der Waals surface area contributed by atoms with Crippen molar-refractivity contribution in [2.24, 2.45) is 0 Å². The lowest BCUT2D eigenvalue weighted by atomic mass is 9.94. The number of alkyl halides is 3. The molecular formula is C28H30ClF3N4O. The van der Waals surface area contributed by atoms with E-state index < -0.39 is 17.8 Å². The zero-order chi connectivity index (χ0) is 26.6. The molecule has 1 fully saturated rings. The van der Waals surface area contributed by atoms with Gasteiger partial charge in [0.15, 0.2) is 0 Å². The molecule has 0 saturated heterocycles. The SMILES string of the molecule is Cc1cc(N(Cc2ccc(Cl)cc2)C(C(=O)NC2CCCCC2)c2cccc(C(F)(F)F)c2)nc(C)n1. The normalized spacial score (nSPS) is 15.3. The highest BCUT2D eigenvalue weighted by atomic mass is 35.5. The van der Waals surface area contributed by atoms with Crippen LogP contribution in [0.1, 0.15) is 66.4 Å². The summed E-state index contributed by atoms with van der Waals surface area (Å²) in [5.74, 6) is 0.613. The maximum Gasteiger partial charge on any atom is 0.416 e. The maximum absolute atomic E-state index is 13.9. The van der Waals surface area contributed by atoms with E-state index >= 15 is 0 Å². The van der Waals surface area contributed by atoms with E-state index in [-0.39, 0.29) is 24.1 Å². The molecule has 37 heavy (non-hydrogen) atoms. The highest BCUT2D eigenvalue weighted by Gasteiger charge is 2.35. The molecule has 1 atom stereocenters. The van der Waals surface area contributed by atoms with Crippen molar-refractivity contribution in [2.45, 2.75) is 70.8 Å². The predicted octanol–water partition coefficient (Wildman–Crippen LogP) is 6.96. The quantitative estimate of drug-likeness (QED) is 0.358. The van der Waals surface area contributed by atoms with Crippen LogP contribution in [0.5, 0.6) is 0 Å². The first-order valence-corrected chi connectivity index (χ1v) is 12.8. The lowest BCUT2D eigenvalue weighted by Gasteiger charge is -2.34. The van der Waals surface area contributed by atoms with E-state index in [0.29, 0.717) is 22.4 Å². The first-order valence-electron chi connectivity index (χ1n) is 12.4. The third kappa shape index (κ3) is 7.01. The van der Waals surface area contributed by atoms with Crippen LogP contribution in [0.25, 0.3) is 0 Å². The molecular weight excluding hydrogens is 501 g/mol. The standard InChI is InChI=1S/C28H30ClF3N4O/c1-18-15-25(34-19(2)33-18)36(17-20-11-13-23(29)14-12-20)26(27(37)35-24-9-4-3-5-10-24)21-7-6-8-22(16-21)28(30,31)32/h6-8,11-16,24,26H,3-5,9-10,17H2,1-2H3,(H,35,37). The number of halogens is 4. The summed E-state index contributed by atoms with van der Waals surface area (Å²) in [5.41, 5.74) is 0.966. The minimum absolute atomic E-state index is 0.0131. The summed E-state index contributed by atoms with van der Waals surface area (Å²) < 4.78 is 41.0. The number of carbonyl (C=O) groups excluding carboxylic acids is 1. The number of rotatable bonds is 7. The third-order valence-corrected chi connectivity index (χ3v) is 6.81. The van der Waals surface area contributed by atoms with E-state index in [0.717, 1.165) is 49.8 Å². The van der Waals surface area contributed by atoms with Gasteiger partial charge in [0, 0.05) is 29.4 Å². The number of nitrogens with zero attached hydrogens (tertiary/aromatic N) is 3. The second-order valence-electron chi connectivity index (χ2n) is 9.54. The number of anilines is 1. The number of carbonyl (C=O) groups is 1.